The van der Waals surface area contributed by atoms with Crippen LogP contribution in [0.5, 0.6) is 0 Å². The third kappa shape index (κ3) is 1.24. The molecule has 0 aliphatic carbocycles. The predicted octanol–water partition coefficient (Wildman–Crippen LogP) is 1.16. The minimum atomic E-state index is -1.10. The Labute approximate surface area is 93.7 Å². The molecule has 0 bridgehead atoms. The zero-order valence-corrected chi connectivity index (χ0v) is 9.77. The molecule has 2 aliphatic rings. The van der Waals surface area contributed by atoms with Crippen molar-refractivity contribution in [2.24, 2.45) is 11.3 Å². The Balaban J connectivity index is 2.45. The van der Waals surface area contributed by atoms with Crippen molar-refractivity contribution >= 4 is 11.9 Å². The minimum Gasteiger partial charge on any atom is -0.476 e. The van der Waals surface area contributed by atoms with E-state index < -0.39 is 17.6 Å². The van der Waals surface area contributed by atoms with Gasteiger partial charge in [0.2, 0.25) is 5.91 Å². The number of rotatable bonds is 1. The molecule has 2 atom stereocenters. The molecule has 0 aromatic heterocycles. The largest absolute Gasteiger partial charge is 0.476 e. The summed E-state index contributed by atoms with van der Waals surface area (Å²) in [4.78, 5) is 24.0. The highest BCUT2D eigenvalue weighted by atomic mass is 16.5. The number of β-lactam (4-membered cyclic amide) rings is 1. The van der Waals surface area contributed by atoms with Crippen LogP contribution in [0.25, 0.3) is 0 Å². The van der Waals surface area contributed by atoms with Gasteiger partial charge in [0, 0.05) is 5.41 Å². The molecule has 1 N–H and O–H groups in total. The van der Waals surface area contributed by atoms with Gasteiger partial charge in [-0.05, 0) is 6.92 Å². The van der Waals surface area contributed by atoms with Crippen molar-refractivity contribution in [1.29, 1.82) is 0 Å². The Bertz CT molecular complexity index is 405. The number of carbonyl (C=O) groups is 2. The zero-order chi connectivity index (χ0) is 12.2. The summed E-state index contributed by atoms with van der Waals surface area (Å²) in [6, 6.07) is 0. The molecule has 2 aliphatic heterocycles. The number of nitrogens with zero attached hydrogens (tertiary/aromatic N) is 1. The maximum atomic E-state index is 11.6. The highest BCUT2D eigenvalue weighted by Gasteiger charge is 2.56. The summed E-state index contributed by atoms with van der Waals surface area (Å²) in [7, 11) is 0. The van der Waals surface area contributed by atoms with Crippen LogP contribution in [-0.2, 0) is 14.3 Å². The quantitative estimate of drug-likeness (QED) is 0.680. The highest BCUT2D eigenvalue weighted by molar-refractivity contribution is 5.98. The predicted molar refractivity (Wildman–Crippen MR) is 55.0 cm³/mol. The number of allylic oxidation sites excluding steroid dienone is 1. The Kier molecular flexibility index (Phi) is 2.05. The summed E-state index contributed by atoms with van der Waals surface area (Å²) in [6.07, 6.45) is -0.423. The maximum Gasteiger partial charge on any atom is 0.356 e. The Morgan fingerprint density at radius 3 is 2.44 bits per heavy atom. The molecule has 5 heteroatoms. The van der Waals surface area contributed by atoms with Crippen LogP contribution in [0.15, 0.2) is 11.5 Å². The van der Waals surface area contributed by atoms with E-state index in [0.29, 0.717) is 5.76 Å². The van der Waals surface area contributed by atoms with Crippen LogP contribution < -0.4 is 0 Å². The summed E-state index contributed by atoms with van der Waals surface area (Å²) in [5, 5.41) is 9.14. The van der Waals surface area contributed by atoms with Crippen molar-refractivity contribution in [2.75, 3.05) is 0 Å². The molecule has 0 aromatic rings. The molecule has 88 valence electrons. The average Bonchev–Trinajstić information content (AvgIpc) is 2.52. The monoisotopic (exact) mass is 225 g/mol. The van der Waals surface area contributed by atoms with E-state index in [1.54, 1.807) is 6.92 Å². The van der Waals surface area contributed by atoms with Gasteiger partial charge in [-0.3, -0.25) is 9.69 Å². The number of amides is 1. The van der Waals surface area contributed by atoms with E-state index >= 15 is 0 Å². The fraction of sp³-hybridized carbons (Fsp3) is 0.636. The highest BCUT2D eigenvalue weighted by Crippen LogP contribution is 2.45. The lowest BCUT2D eigenvalue weighted by Crippen LogP contribution is -2.57. The number of carbonyl (C=O) groups excluding carboxylic acids is 1. The van der Waals surface area contributed by atoms with Gasteiger partial charge in [0.05, 0.1) is 5.92 Å². The summed E-state index contributed by atoms with van der Waals surface area (Å²) >= 11 is 0. The first-order valence-corrected chi connectivity index (χ1v) is 5.23. The summed E-state index contributed by atoms with van der Waals surface area (Å²) in [6.45, 7) is 7.35. The smallest absolute Gasteiger partial charge is 0.356 e. The first kappa shape index (κ1) is 11.0. The van der Waals surface area contributed by atoms with E-state index in [4.69, 9.17) is 9.84 Å². The summed E-state index contributed by atoms with van der Waals surface area (Å²) in [5.74, 6) is -1.15. The molecule has 2 heterocycles. The third-order valence-corrected chi connectivity index (χ3v) is 2.89. The molecular formula is C11H15NO4. The molecule has 1 fully saturated rings. The zero-order valence-electron chi connectivity index (χ0n) is 9.77. The fourth-order valence-corrected chi connectivity index (χ4v) is 2.02. The van der Waals surface area contributed by atoms with Gasteiger partial charge in [0.15, 0.2) is 11.9 Å². The van der Waals surface area contributed by atoms with Crippen molar-refractivity contribution in [3.63, 3.8) is 0 Å². The lowest BCUT2D eigenvalue weighted by Gasteiger charge is -2.39. The summed E-state index contributed by atoms with van der Waals surface area (Å²) in [5.41, 5.74) is -0.411. The molecule has 1 amide bonds. The first-order valence-electron chi connectivity index (χ1n) is 5.23. The second kappa shape index (κ2) is 2.99. The number of carboxylic acid groups (broad SMARTS) is 1. The van der Waals surface area contributed by atoms with Crippen LogP contribution in [0.4, 0.5) is 0 Å². The molecule has 5 nitrogen and oxygen atoms in total. The van der Waals surface area contributed by atoms with Crippen LogP contribution in [0.3, 0.4) is 0 Å². The number of carboxylic acids is 1. The standard InChI is InChI=1S/C11H15NO4/c1-5-8(13)12-6(10(14)15)7(11(2,3)4)16-9(5)12/h5,9H,1-4H3,(H,14,15)/t5?,9-/m0/s1. The van der Waals surface area contributed by atoms with Gasteiger partial charge in [-0.1, -0.05) is 20.8 Å². The Morgan fingerprint density at radius 1 is 1.44 bits per heavy atom. The third-order valence-electron chi connectivity index (χ3n) is 2.89. The van der Waals surface area contributed by atoms with E-state index in [0.717, 1.165) is 0 Å². The lowest BCUT2D eigenvalue weighted by molar-refractivity contribution is -0.170. The number of aliphatic carboxylic acids is 1. The molecule has 1 saturated heterocycles. The Morgan fingerprint density at radius 2 is 2.00 bits per heavy atom. The van der Waals surface area contributed by atoms with E-state index in [2.05, 4.69) is 0 Å². The van der Waals surface area contributed by atoms with Crippen LogP contribution in [0, 0.1) is 11.3 Å². The topological polar surface area (TPSA) is 66.8 Å². The average molecular weight is 225 g/mol. The second-order valence-electron chi connectivity index (χ2n) is 5.24. The van der Waals surface area contributed by atoms with Gasteiger partial charge in [0.1, 0.15) is 5.76 Å². The van der Waals surface area contributed by atoms with Crippen molar-refractivity contribution in [3.05, 3.63) is 11.5 Å². The molecule has 0 aromatic carbocycles. The molecule has 0 saturated carbocycles. The Hall–Kier alpha value is -1.52. The van der Waals surface area contributed by atoms with Crippen LogP contribution in [0.1, 0.15) is 27.7 Å². The van der Waals surface area contributed by atoms with Gasteiger partial charge < -0.3 is 9.84 Å². The molecule has 0 spiro atoms. The molecular weight excluding hydrogens is 210 g/mol. The first-order chi connectivity index (χ1) is 7.25. The van der Waals surface area contributed by atoms with E-state index in [1.807, 2.05) is 20.8 Å². The van der Waals surface area contributed by atoms with Gasteiger partial charge in [0.25, 0.3) is 0 Å². The van der Waals surface area contributed by atoms with Crippen molar-refractivity contribution in [2.45, 2.75) is 33.9 Å². The molecule has 2 rings (SSSR count). The second-order valence-corrected chi connectivity index (χ2v) is 5.24. The normalized spacial score (nSPS) is 28.8. The van der Waals surface area contributed by atoms with E-state index in [9.17, 15) is 9.59 Å². The van der Waals surface area contributed by atoms with Crippen molar-refractivity contribution in [3.8, 4) is 0 Å². The van der Waals surface area contributed by atoms with Crippen molar-refractivity contribution in [1.82, 2.24) is 4.90 Å². The molecule has 0 radical (unpaired) electrons. The number of hydrogen-bond acceptors (Lipinski definition) is 3. The lowest BCUT2D eigenvalue weighted by atomic mass is 9.92. The van der Waals surface area contributed by atoms with Crippen molar-refractivity contribution < 1.29 is 19.4 Å². The van der Waals surface area contributed by atoms with Crippen LogP contribution >= 0.6 is 0 Å². The van der Waals surface area contributed by atoms with E-state index in [-0.39, 0.29) is 17.5 Å². The number of hydrogen-bond donors (Lipinski definition) is 1. The fourth-order valence-electron chi connectivity index (χ4n) is 2.02. The maximum absolute atomic E-state index is 11.6. The number of fused-ring (bicyclic) bond motifs is 1. The van der Waals surface area contributed by atoms with Gasteiger partial charge in [-0.2, -0.15) is 0 Å². The SMILES string of the molecule is CC1C(=O)N2C(C(=O)O)=C(C(C)(C)C)O[C@@H]12. The van der Waals surface area contributed by atoms with Crippen LogP contribution in [0.2, 0.25) is 0 Å². The minimum absolute atomic E-state index is 0.000556. The number of ether oxygens (including phenoxy) is 1. The van der Waals surface area contributed by atoms with Gasteiger partial charge >= 0.3 is 5.97 Å². The summed E-state index contributed by atoms with van der Waals surface area (Å²) < 4.78 is 5.59. The molecule has 16 heavy (non-hydrogen) atoms. The van der Waals surface area contributed by atoms with E-state index in [1.165, 1.54) is 4.90 Å². The van der Waals surface area contributed by atoms with Gasteiger partial charge in [-0.15, -0.1) is 0 Å². The van der Waals surface area contributed by atoms with Crippen LogP contribution in [-0.4, -0.2) is 28.1 Å². The van der Waals surface area contributed by atoms with Gasteiger partial charge in [-0.25, -0.2) is 4.79 Å². The molecule has 1 unspecified atom stereocenters.